The number of unbranched alkanes of at least 4 members (excludes halogenated alkanes) is 1. The molecule has 2 bridgehead atoms. The molecule has 3 heterocycles. The fraction of sp³-hybridized carbons (Fsp3) is 0.714. The predicted octanol–water partition coefficient (Wildman–Crippen LogP) is -5.53. The number of amides is 12. The van der Waals surface area contributed by atoms with Crippen LogP contribution in [0.5, 0.6) is 0 Å². The van der Waals surface area contributed by atoms with Crippen LogP contribution in [0.1, 0.15) is 92.4 Å². The zero-order chi connectivity index (χ0) is 62.8. The summed E-state index contributed by atoms with van der Waals surface area (Å²) in [7, 11) is 3.61. The van der Waals surface area contributed by atoms with Gasteiger partial charge in [-0.05, 0) is 43.9 Å². The van der Waals surface area contributed by atoms with Crippen LogP contribution in [-0.2, 0) is 62.3 Å². The fourth-order valence-electron chi connectivity index (χ4n) is 8.61. The first-order valence-corrected chi connectivity index (χ1v) is 32.4. The van der Waals surface area contributed by atoms with Crippen molar-refractivity contribution in [3.05, 3.63) is 0 Å². The first-order valence-electron chi connectivity index (χ1n) is 27.5. The van der Waals surface area contributed by atoms with E-state index in [4.69, 9.17) is 22.9 Å². The van der Waals surface area contributed by atoms with Crippen LogP contribution >= 0.6 is 43.2 Å². The third kappa shape index (κ3) is 23.3. The van der Waals surface area contributed by atoms with Crippen molar-refractivity contribution < 1.29 is 72.5 Å². The molecule has 84 heavy (non-hydrogen) atoms. The topological polar surface area (TPSA) is 502 Å². The Morgan fingerprint density at radius 1 is 0.643 bits per heavy atom. The lowest BCUT2D eigenvalue weighted by molar-refractivity contribution is -0.146. The van der Waals surface area contributed by atoms with Crippen molar-refractivity contribution in [3.8, 4) is 0 Å². The smallest absolute Gasteiger partial charge is 0.305 e. The first-order chi connectivity index (χ1) is 39.8. The number of rotatable bonds is 16. The molecule has 31 nitrogen and oxygen atoms in total. The van der Waals surface area contributed by atoms with Crippen molar-refractivity contribution in [3.63, 3.8) is 0 Å². The molecule has 12 amide bonds. The summed E-state index contributed by atoms with van der Waals surface area (Å²) in [6, 6.07) is -16.7. The van der Waals surface area contributed by atoms with Crippen molar-refractivity contribution in [1.82, 2.24) is 58.1 Å². The number of primary amides is 1. The van der Waals surface area contributed by atoms with E-state index in [0.29, 0.717) is 19.3 Å². The molecular formula is C49H82N16O15S4. The van der Waals surface area contributed by atoms with Gasteiger partial charge in [0.25, 0.3) is 0 Å². The molecule has 3 aliphatic heterocycles. The molecule has 35 heteroatoms. The van der Waals surface area contributed by atoms with E-state index in [1.165, 1.54) is 0 Å². The van der Waals surface area contributed by atoms with Crippen molar-refractivity contribution in [2.75, 3.05) is 49.3 Å². The van der Waals surface area contributed by atoms with Crippen LogP contribution < -0.4 is 76.1 Å². The van der Waals surface area contributed by atoms with E-state index in [0.717, 1.165) is 48.1 Å². The van der Waals surface area contributed by atoms with Crippen LogP contribution in [0, 0.1) is 11.8 Å². The molecule has 0 radical (unpaired) electrons. The summed E-state index contributed by atoms with van der Waals surface area (Å²) in [6.07, 6.45) is 0.512. The summed E-state index contributed by atoms with van der Waals surface area (Å²) in [5, 5.41) is 45.9. The molecule has 3 aliphatic rings. The zero-order valence-corrected chi connectivity index (χ0v) is 50.8. The number of hydrogen-bond donors (Lipinski definition) is 16. The van der Waals surface area contributed by atoms with Crippen LogP contribution in [-0.4, -0.2) is 214 Å². The number of aliphatic imine (C=N–C) groups is 1. The minimum Gasteiger partial charge on any atom is -0.481 e. The molecule has 3 saturated heterocycles. The lowest BCUT2D eigenvalue weighted by Gasteiger charge is -2.31. The van der Waals surface area contributed by atoms with E-state index in [9.17, 15) is 72.5 Å². The molecule has 3 fully saturated rings. The van der Waals surface area contributed by atoms with E-state index in [-0.39, 0.29) is 74.2 Å². The molecule has 0 spiro atoms. The van der Waals surface area contributed by atoms with Gasteiger partial charge in [-0.15, -0.1) is 0 Å². The van der Waals surface area contributed by atoms with E-state index in [1.54, 1.807) is 27.7 Å². The molecule has 0 saturated carbocycles. The van der Waals surface area contributed by atoms with Crippen molar-refractivity contribution in [2.45, 2.75) is 159 Å². The molecule has 0 aliphatic carbocycles. The Labute approximate surface area is 502 Å². The highest BCUT2D eigenvalue weighted by Gasteiger charge is 2.42. The summed E-state index contributed by atoms with van der Waals surface area (Å²) < 4.78 is 0. The molecule has 12 atom stereocenters. The number of hydrogen-bond acceptors (Lipinski definition) is 20. The molecule has 0 aromatic heterocycles. The first kappa shape index (κ1) is 72.0. The Hall–Kier alpha value is -6.30. The zero-order valence-electron chi connectivity index (χ0n) is 47.6. The van der Waals surface area contributed by atoms with Crippen LogP contribution in [0.4, 0.5) is 0 Å². The van der Waals surface area contributed by atoms with E-state index in [2.05, 4.69) is 58.2 Å². The number of aliphatic hydroxyl groups excluding tert-OH is 1. The van der Waals surface area contributed by atoms with Gasteiger partial charge >= 0.3 is 5.97 Å². The van der Waals surface area contributed by atoms with E-state index >= 15 is 0 Å². The summed E-state index contributed by atoms with van der Waals surface area (Å²) in [5.41, 5.74) is 22.4. The number of nitrogens with two attached hydrogens (primary N) is 4. The third-order valence-electron chi connectivity index (χ3n) is 13.6. The number of carbonyl (C=O) groups excluding carboxylic acids is 12. The monoisotopic (exact) mass is 1260 g/mol. The average Bonchev–Trinajstić information content (AvgIpc) is 3.84. The lowest BCUT2D eigenvalue weighted by Crippen LogP contribution is -2.62. The number of aliphatic hydroxyl groups is 1. The SMILES string of the molecule is CCCC[C@@H]1NC(=O)[C@H]([C@@H](C)CC)NC(=O)[C@H](C(C)C)NC(=O)[C@@H]2CSSC[C@H](NC(=O)CN)C(=O)N[C@@H](CSSC[C@@H](C(N)=O)NC1=O)C(=O)N[C@@H](CO)C(=O)N[C@@H](CC(=O)O)C(=O)N1CCC[C@H]1C(=O)N[C@@H](CCCN=C(N)N)C(=O)N2. The number of nitrogens with one attached hydrogen (secondary N) is 10. The van der Waals surface area contributed by atoms with Crippen LogP contribution in [0.25, 0.3) is 0 Å². The largest absolute Gasteiger partial charge is 0.481 e. The summed E-state index contributed by atoms with van der Waals surface area (Å²) in [6.45, 7) is 6.63. The van der Waals surface area contributed by atoms with Gasteiger partial charge in [-0.25, -0.2) is 0 Å². The normalized spacial score (nSPS) is 27.8. The summed E-state index contributed by atoms with van der Waals surface area (Å²) in [4.78, 5) is 186. The molecule has 0 aromatic carbocycles. The minimum atomic E-state index is -1.91. The van der Waals surface area contributed by atoms with Gasteiger partial charge in [-0.1, -0.05) is 97.1 Å². The number of nitrogens with zero attached hydrogens (tertiary/aromatic N) is 2. The molecule has 472 valence electrons. The molecule has 3 rings (SSSR count). The predicted molar refractivity (Wildman–Crippen MR) is 315 cm³/mol. The molecule has 0 unspecified atom stereocenters. The third-order valence-corrected chi connectivity index (χ3v) is 18.5. The van der Waals surface area contributed by atoms with Gasteiger partial charge in [0.2, 0.25) is 70.9 Å². The maximum absolute atomic E-state index is 14.7. The second kappa shape index (κ2) is 36.5. The van der Waals surface area contributed by atoms with Gasteiger partial charge in [0, 0.05) is 36.1 Å². The second-order valence-corrected chi connectivity index (χ2v) is 25.6. The standard InChI is InChI=1S/C49H82N16O15S4/c1-6-8-11-25-39(71)60-29(38(51)70)19-81-83-21-31-43(75)59-28(18-66)41(73)58-27(16-35(68)69)48(80)65-15-10-13-33(65)45(77)56-26(12-9-14-54-49(52)53)40(72)61-32(22-84-82-20-30(42(74)62-31)55-34(67)17-50)44(76)63-36(23(3)4)46(78)64-37(24(5)7-2)47(79)57-25/h23-33,36-37,66H,6-22,50H2,1-5H3,(H2,51,70)(H,55,67)(H,56,77)(H,57,79)(H,58,73)(H,59,75)(H,60,71)(H,61,72)(H,62,74)(H,63,76)(H,64,78)(H,68,69)(H4,52,53,54)/t24-,25-,26-,27-,28-,29-,30-,31-,32-,33-,36-,37-/m0/s1. The van der Waals surface area contributed by atoms with Gasteiger partial charge in [-0.2, -0.15) is 0 Å². The van der Waals surface area contributed by atoms with Crippen molar-refractivity contribution >= 4 is 126 Å². The Balaban J connectivity index is 2.35. The van der Waals surface area contributed by atoms with Crippen LogP contribution in [0.3, 0.4) is 0 Å². The number of aliphatic carboxylic acids is 1. The Kier molecular flexibility index (Phi) is 31.3. The summed E-state index contributed by atoms with van der Waals surface area (Å²) in [5.74, 6) is -15.8. The van der Waals surface area contributed by atoms with Crippen LogP contribution in [0.2, 0.25) is 0 Å². The number of carboxylic acids is 1. The van der Waals surface area contributed by atoms with Gasteiger partial charge in [0.15, 0.2) is 5.96 Å². The van der Waals surface area contributed by atoms with Crippen LogP contribution in [0.15, 0.2) is 4.99 Å². The minimum absolute atomic E-state index is 0.00741. The Morgan fingerprint density at radius 2 is 1.17 bits per heavy atom. The Bertz CT molecular complexity index is 2390. The quantitative estimate of drug-likeness (QED) is 0.0297. The Morgan fingerprint density at radius 3 is 1.74 bits per heavy atom. The van der Waals surface area contributed by atoms with Gasteiger partial charge in [0.1, 0.15) is 66.5 Å². The second-order valence-electron chi connectivity index (χ2n) is 20.5. The highest BCUT2D eigenvalue weighted by Crippen LogP contribution is 2.26. The maximum atomic E-state index is 14.7. The summed E-state index contributed by atoms with van der Waals surface area (Å²) >= 11 is 0. The number of fused-ring (bicyclic) bond motifs is 9. The van der Waals surface area contributed by atoms with Gasteiger partial charge < -0.3 is 91.2 Å². The van der Waals surface area contributed by atoms with E-state index < -0.39 is 175 Å². The fourth-order valence-corrected chi connectivity index (χ4v) is 13.3. The highest BCUT2D eigenvalue weighted by atomic mass is 33.1. The number of guanidine groups is 1. The van der Waals surface area contributed by atoms with E-state index in [1.807, 2.05) is 6.92 Å². The maximum Gasteiger partial charge on any atom is 0.305 e. The molecule has 0 aromatic rings. The highest BCUT2D eigenvalue weighted by molar-refractivity contribution is 8.77. The molecule has 20 N–H and O–H groups in total. The van der Waals surface area contributed by atoms with Gasteiger partial charge in [-0.3, -0.25) is 67.3 Å². The number of carbonyl (C=O) groups is 13. The average molecular weight is 1260 g/mol. The van der Waals surface area contributed by atoms with Gasteiger partial charge in [0.05, 0.1) is 19.6 Å². The lowest BCUT2D eigenvalue weighted by atomic mass is 9.95. The number of carboxylic acid groups (broad SMARTS) is 1. The van der Waals surface area contributed by atoms with Crippen molar-refractivity contribution in [1.29, 1.82) is 0 Å². The van der Waals surface area contributed by atoms with Crippen molar-refractivity contribution in [2.24, 2.45) is 39.8 Å². The molecular weight excluding hydrogens is 1180 g/mol.